The normalized spacial score (nSPS) is 11.7. The number of nitrogens with zero attached hydrogens (tertiary/aromatic N) is 1. The van der Waals surface area contributed by atoms with Crippen LogP contribution in [0.5, 0.6) is 0 Å². The van der Waals surface area contributed by atoms with Crippen molar-refractivity contribution in [1.29, 1.82) is 0 Å². The van der Waals surface area contributed by atoms with Crippen LogP contribution < -0.4 is 0 Å². The minimum absolute atomic E-state index is 0.180. The van der Waals surface area contributed by atoms with Gasteiger partial charge in [-0.3, -0.25) is 4.79 Å². The van der Waals surface area contributed by atoms with E-state index in [1.807, 2.05) is 19.1 Å². The zero-order valence-electron chi connectivity index (χ0n) is 10.5. The fourth-order valence-electron chi connectivity index (χ4n) is 1.48. The van der Waals surface area contributed by atoms with E-state index in [4.69, 9.17) is 5.11 Å². The molecule has 0 saturated carbocycles. The maximum absolute atomic E-state index is 11.9. The third-order valence-corrected chi connectivity index (χ3v) is 4.39. The second-order valence-corrected chi connectivity index (χ2v) is 6.15. The van der Waals surface area contributed by atoms with Crippen molar-refractivity contribution < 1.29 is 18.3 Å². The Kier molecular flexibility index (Phi) is 4.86. The molecular weight excluding hydrogens is 254 g/mol. The maximum Gasteiger partial charge on any atom is 0.318 e. The Morgan fingerprint density at radius 3 is 2.17 bits per heavy atom. The van der Waals surface area contributed by atoms with Gasteiger partial charge in [0.2, 0.25) is 10.0 Å². The van der Waals surface area contributed by atoms with Gasteiger partial charge in [0.1, 0.15) is 6.54 Å². The molecular formula is C12H17NO4S. The van der Waals surface area contributed by atoms with Gasteiger partial charge in [-0.05, 0) is 17.5 Å². The lowest BCUT2D eigenvalue weighted by Gasteiger charge is -2.14. The lowest BCUT2D eigenvalue weighted by Crippen LogP contribution is -2.32. The molecule has 0 unspecified atom stereocenters. The van der Waals surface area contributed by atoms with Crippen molar-refractivity contribution in [2.24, 2.45) is 0 Å². The fourth-order valence-corrected chi connectivity index (χ4v) is 2.62. The molecule has 0 aliphatic rings. The highest BCUT2D eigenvalue weighted by molar-refractivity contribution is 7.88. The quantitative estimate of drug-likeness (QED) is 0.840. The molecule has 0 atom stereocenters. The van der Waals surface area contributed by atoms with Crippen LogP contribution in [0.15, 0.2) is 24.3 Å². The van der Waals surface area contributed by atoms with Crippen LogP contribution in [-0.4, -0.2) is 37.4 Å². The van der Waals surface area contributed by atoms with Gasteiger partial charge in [0, 0.05) is 7.05 Å². The summed E-state index contributed by atoms with van der Waals surface area (Å²) in [4.78, 5) is 10.5. The number of aryl methyl sites for hydroxylation is 1. The summed E-state index contributed by atoms with van der Waals surface area (Å²) in [7, 11) is -2.31. The molecule has 0 fully saturated rings. The zero-order chi connectivity index (χ0) is 13.8. The molecule has 0 aromatic heterocycles. The summed E-state index contributed by atoms with van der Waals surface area (Å²) in [6.45, 7) is 1.50. The number of likely N-dealkylation sites (N-methyl/N-ethyl adjacent to an activating group) is 1. The van der Waals surface area contributed by atoms with Gasteiger partial charge in [0.25, 0.3) is 0 Å². The minimum Gasteiger partial charge on any atom is -0.480 e. The van der Waals surface area contributed by atoms with Crippen molar-refractivity contribution in [2.75, 3.05) is 13.6 Å². The molecule has 1 rings (SSSR count). The van der Waals surface area contributed by atoms with Gasteiger partial charge in [0.05, 0.1) is 5.75 Å². The third-order valence-electron chi connectivity index (χ3n) is 2.61. The molecule has 1 N–H and O–H groups in total. The Hall–Kier alpha value is -1.40. The molecule has 1 aromatic carbocycles. The number of hydrogen-bond donors (Lipinski definition) is 1. The van der Waals surface area contributed by atoms with Gasteiger partial charge in [-0.2, -0.15) is 4.31 Å². The smallest absolute Gasteiger partial charge is 0.318 e. The van der Waals surface area contributed by atoms with E-state index in [2.05, 4.69) is 0 Å². The van der Waals surface area contributed by atoms with Crippen molar-refractivity contribution in [3.05, 3.63) is 35.4 Å². The summed E-state index contributed by atoms with van der Waals surface area (Å²) in [5.41, 5.74) is 1.79. The lowest BCUT2D eigenvalue weighted by molar-refractivity contribution is -0.137. The van der Waals surface area contributed by atoms with Crippen LogP contribution in [0.2, 0.25) is 0 Å². The predicted molar refractivity (Wildman–Crippen MR) is 68.7 cm³/mol. The summed E-state index contributed by atoms with van der Waals surface area (Å²) in [6.07, 6.45) is 0.895. The van der Waals surface area contributed by atoms with Gasteiger partial charge in [-0.25, -0.2) is 8.42 Å². The van der Waals surface area contributed by atoms with Crippen molar-refractivity contribution in [3.8, 4) is 0 Å². The first-order valence-corrected chi connectivity index (χ1v) is 7.19. The molecule has 0 heterocycles. The first kappa shape index (κ1) is 14.7. The summed E-state index contributed by atoms with van der Waals surface area (Å²) < 4.78 is 24.6. The number of carbonyl (C=O) groups is 1. The van der Waals surface area contributed by atoms with Crippen molar-refractivity contribution >= 4 is 16.0 Å². The monoisotopic (exact) mass is 271 g/mol. The topological polar surface area (TPSA) is 74.7 Å². The molecule has 5 nitrogen and oxygen atoms in total. The van der Waals surface area contributed by atoms with E-state index in [0.29, 0.717) is 5.56 Å². The molecule has 0 spiro atoms. The SMILES string of the molecule is CCc1ccc(CS(=O)(=O)N(C)CC(=O)O)cc1. The van der Waals surface area contributed by atoms with E-state index in [1.54, 1.807) is 12.1 Å². The molecule has 0 bridgehead atoms. The first-order valence-electron chi connectivity index (χ1n) is 5.58. The van der Waals surface area contributed by atoms with E-state index in [9.17, 15) is 13.2 Å². The van der Waals surface area contributed by atoms with Crippen molar-refractivity contribution in [1.82, 2.24) is 4.31 Å². The van der Waals surface area contributed by atoms with E-state index in [-0.39, 0.29) is 5.75 Å². The largest absolute Gasteiger partial charge is 0.480 e. The molecule has 0 radical (unpaired) electrons. The number of benzene rings is 1. The van der Waals surface area contributed by atoms with Gasteiger partial charge in [-0.15, -0.1) is 0 Å². The maximum atomic E-state index is 11.9. The Morgan fingerprint density at radius 1 is 1.22 bits per heavy atom. The Morgan fingerprint density at radius 2 is 1.72 bits per heavy atom. The van der Waals surface area contributed by atoms with Crippen LogP contribution in [0.3, 0.4) is 0 Å². The van der Waals surface area contributed by atoms with Crippen LogP contribution in [0, 0.1) is 0 Å². The summed E-state index contributed by atoms with van der Waals surface area (Å²) >= 11 is 0. The average molecular weight is 271 g/mol. The minimum atomic E-state index is -3.58. The molecule has 100 valence electrons. The highest BCUT2D eigenvalue weighted by Crippen LogP contribution is 2.11. The Labute approximate surface area is 107 Å². The summed E-state index contributed by atoms with van der Waals surface area (Å²) in [6, 6.07) is 7.26. The van der Waals surface area contributed by atoms with Gasteiger partial charge < -0.3 is 5.11 Å². The number of carboxylic acids is 1. The molecule has 0 saturated heterocycles. The van der Waals surface area contributed by atoms with E-state index in [1.165, 1.54) is 7.05 Å². The molecule has 6 heteroatoms. The van der Waals surface area contributed by atoms with Crippen LogP contribution >= 0.6 is 0 Å². The Bertz CT molecular complexity index is 507. The van der Waals surface area contributed by atoms with Crippen LogP contribution in [0.1, 0.15) is 18.1 Å². The number of sulfonamides is 1. The van der Waals surface area contributed by atoms with Crippen molar-refractivity contribution in [3.63, 3.8) is 0 Å². The highest BCUT2D eigenvalue weighted by atomic mass is 32.2. The van der Waals surface area contributed by atoms with Crippen LogP contribution in [0.25, 0.3) is 0 Å². The van der Waals surface area contributed by atoms with Gasteiger partial charge in [0.15, 0.2) is 0 Å². The highest BCUT2D eigenvalue weighted by Gasteiger charge is 2.20. The van der Waals surface area contributed by atoms with E-state index >= 15 is 0 Å². The predicted octanol–water partition coefficient (Wildman–Crippen LogP) is 1.10. The number of carboxylic acid groups (broad SMARTS) is 1. The number of aliphatic carboxylic acids is 1. The first-order chi connectivity index (χ1) is 8.35. The van der Waals surface area contributed by atoms with Gasteiger partial charge in [-0.1, -0.05) is 31.2 Å². The third kappa shape index (κ3) is 4.12. The average Bonchev–Trinajstić information content (AvgIpc) is 2.28. The fraction of sp³-hybridized carbons (Fsp3) is 0.417. The molecule has 18 heavy (non-hydrogen) atoms. The zero-order valence-corrected chi connectivity index (χ0v) is 11.3. The van der Waals surface area contributed by atoms with Crippen LogP contribution in [-0.2, 0) is 27.0 Å². The molecule has 0 aliphatic carbocycles. The van der Waals surface area contributed by atoms with Gasteiger partial charge >= 0.3 is 5.97 Å². The van der Waals surface area contributed by atoms with E-state index < -0.39 is 22.5 Å². The van der Waals surface area contributed by atoms with Crippen LogP contribution in [0.4, 0.5) is 0 Å². The second kappa shape index (κ2) is 5.97. The molecule has 0 aliphatic heterocycles. The second-order valence-electron chi connectivity index (χ2n) is 4.08. The standard InChI is InChI=1S/C12H17NO4S/c1-3-10-4-6-11(7-5-10)9-18(16,17)13(2)8-12(14)15/h4-7H,3,8-9H2,1-2H3,(H,14,15). The molecule has 0 amide bonds. The number of rotatable bonds is 6. The summed E-state index contributed by atoms with van der Waals surface area (Å²) in [5, 5.41) is 8.58. The number of hydrogen-bond acceptors (Lipinski definition) is 3. The molecule has 1 aromatic rings. The van der Waals surface area contributed by atoms with Crippen molar-refractivity contribution in [2.45, 2.75) is 19.1 Å². The van der Waals surface area contributed by atoms with E-state index in [0.717, 1.165) is 16.3 Å². The Balaban J connectivity index is 2.78. The summed E-state index contributed by atoms with van der Waals surface area (Å²) in [5.74, 6) is -1.34. The lowest BCUT2D eigenvalue weighted by atomic mass is 10.1.